The summed E-state index contributed by atoms with van der Waals surface area (Å²) in [7, 11) is 0. The molecule has 2 fully saturated rings. The topological polar surface area (TPSA) is 29.3 Å². The molecule has 1 aliphatic carbocycles. The molecule has 1 saturated carbocycles. The molecule has 0 amide bonds. The van der Waals surface area contributed by atoms with Gasteiger partial charge in [0, 0.05) is 6.54 Å². The summed E-state index contributed by atoms with van der Waals surface area (Å²) in [5.41, 5.74) is 5.85. The molecule has 1 saturated heterocycles. The van der Waals surface area contributed by atoms with Crippen LogP contribution in [-0.4, -0.2) is 31.1 Å². The van der Waals surface area contributed by atoms with E-state index in [0.717, 1.165) is 18.4 Å². The lowest BCUT2D eigenvalue weighted by molar-refractivity contribution is 0.173. The highest BCUT2D eigenvalue weighted by molar-refractivity contribution is 4.80. The Labute approximate surface area is 87.8 Å². The van der Waals surface area contributed by atoms with E-state index in [1.54, 1.807) is 0 Å². The molecule has 2 N–H and O–H groups in total. The lowest BCUT2D eigenvalue weighted by Gasteiger charge is -2.33. The maximum Gasteiger partial charge on any atom is 0.00128 e. The van der Waals surface area contributed by atoms with Crippen LogP contribution in [-0.2, 0) is 0 Å². The second kappa shape index (κ2) is 5.13. The highest BCUT2D eigenvalue weighted by Crippen LogP contribution is 2.30. The van der Waals surface area contributed by atoms with E-state index >= 15 is 0 Å². The molecule has 1 aliphatic heterocycles. The third-order valence-electron chi connectivity index (χ3n) is 4.06. The molecule has 2 heteroatoms. The molecule has 82 valence electrons. The number of hydrogen-bond acceptors (Lipinski definition) is 2. The highest BCUT2D eigenvalue weighted by atomic mass is 15.1. The minimum atomic E-state index is 0.823. The first kappa shape index (κ1) is 10.4. The van der Waals surface area contributed by atoms with E-state index in [2.05, 4.69) is 4.90 Å². The van der Waals surface area contributed by atoms with E-state index in [1.165, 1.54) is 58.2 Å². The standard InChI is InChI=1S/C12H24N2/c13-9-11-5-1-2-6-12(11)10-14-7-3-4-8-14/h11-12H,1-10,13H2. The van der Waals surface area contributed by atoms with Gasteiger partial charge in [0.15, 0.2) is 0 Å². The Kier molecular flexibility index (Phi) is 3.82. The first-order valence-corrected chi connectivity index (χ1v) is 6.32. The molecule has 14 heavy (non-hydrogen) atoms. The van der Waals surface area contributed by atoms with Crippen LogP contribution in [0.1, 0.15) is 38.5 Å². The summed E-state index contributed by atoms with van der Waals surface area (Å²) in [4.78, 5) is 2.65. The highest BCUT2D eigenvalue weighted by Gasteiger charge is 2.26. The fourth-order valence-corrected chi connectivity index (χ4v) is 3.13. The van der Waals surface area contributed by atoms with Gasteiger partial charge in [0.05, 0.1) is 0 Å². The monoisotopic (exact) mass is 196 g/mol. The lowest BCUT2D eigenvalue weighted by Crippen LogP contribution is -2.35. The van der Waals surface area contributed by atoms with Crippen molar-refractivity contribution in [2.24, 2.45) is 17.6 Å². The van der Waals surface area contributed by atoms with Gasteiger partial charge >= 0.3 is 0 Å². The van der Waals surface area contributed by atoms with E-state index in [0.29, 0.717) is 0 Å². The van der Waals surface area contributed by atoms with E-state index in [1.807, 2.05) is 0 Å². The number of likely N-dealkylation sites (tertiary alicyclic amines) is 1. The zero-order valence-electron chi connectivity index (χ0n) is 9.25. The van der Waals surface area contributed by atoms with Gasteiger partial charge in [-0.05, 0) is 57.2 Å². The molecule has 2 unspecified atom stereocenters. The summed E-state index contributed by atoms with van der Waals surface area (Å²) >= 11 is 0. The van der Waals surface area contributed by atoms with E-state index in [4.69, 9.17) is 5.73 Å². The molecule has 2 aliphatic rings. The zero-order valence-corrected chi connectivity index (χ0v) is 9.25. The molecule has 0 aromatic heterocycles. The van der Waals surface area contributed by atoms with Gasteiger partial charge in [0.2, 0.25) is 0 Å². The van der Waals surface area contributed by atoms with Gasteiger partial charge in [-0.3, -0.25) is 0 Å². The summed E-state index contributed by atoms with van der Waals surface area (Å²) in [6.45, 7) is 4.93. The van der Waals surface area contributed by atoms with Gasteiger partial charge in [-0.15, -0.1) is 0 Å². The van der Waals surface area contributed by atoms with Crippen molar-refractivity contribution in [3.8, 4) is 0 Å². The third-order valence-corrected chi connectivity index (χ3v) is 4.06. The van der Waals surface area contributed by atoms with Crippen LogP contribution >= 0.6 is 0 Å². The normalized spacial score (nSPS) is 34.9. The molecule has 0 aromatic rings. The van der Waals surface area contributed by atoms with Crippen molar-refractivity contribution in [2.75, 3.05) is 26.2 Å². The molecule has 2 atom stereocenters. The summed E-state index contributed by atoms with van der Waals surface area (Å²) in [5.74, 6) is 1.73. The summed E-state index contributed by atoms with van der Waals surface area (Å²) in [6.07, 6.45) is 8.50. The fraction of sp³-hybridized carbons (Fsp3) is 1.00. The molecule has 0 aromatic carbocycles. The average molecular weight is 196 g/mol. The average Bonchev–Trinajstić information content (AvgIpc) is 2.71. The SMILES string of the molecule is NCC1CCCCC1CN1CCCC1. The first-order chi connectivity index (χ1) is 6.90. The minimum Gasteiger partial charge on any atom is -0.330 e. The molecule has 0 spiro atoms. The largest absolute Gasteiger partial charge is 0.330 e. The van der Waals surface area contributed by atoms with E-state index < -0.39 is 0 Å². The van der Waals surface area contributed by atoms with Gasteiger partial charge in [0.25, 0.3) is 0 Å². The van der Waals surface area contributed by atoms with Crippen LogP contribution < -0.4 is 5.73 Å². The molecule has 2 nitrogen and oxygen atoms in total. The van der Waals surface area contributed by atoms with Crippen molar-refractivity contribution < 1.29 is 0 Å². The van der Waals surface area contributed by atoms with Crippen molar-refractivity contribution >= 4 is 0 Å². The molecular formula is C12H24N2. The van der Waals surface area contributed by atoms with E-state index in [-0.39, 0.29) is 0 Å². The minimum absolute atomic E-state index is 0.823. The Morgan fingerprint density at radius 2 is 1.57 bits per heavy atom. The molecule has 1 heterocycles. The number of nitrogens with two attached hydrogens (primary N) is 1. The summed E-state index contributed by atoms with van der Waals surface area (Å²) in [5, 5.41) is 0. The smallest absolute Gasteiger partial charge is 0.00128 e. The van der Waals surface area contributed by atoms with Crippen molar-refractivity contribution in [3.63, 3.8) is 0 Å². The molecule has 0 bridgehead atoms. The Balaban J connectivity index is 1.81. The number of nitrogens with zero attached hydrogens (tertiary/aromatic N) is 1. The van der Waals surface area contributed by atoms with Gasteiger partial charge in [0.1, 0.15) is 0 Å². The Bertz CT molecular complexity index is 164. The van der Waals surface area contributed by atoms with Crippen molar-refractivity contribution in [2.45, 2.75) is 38.5 Å². The van der Waals surface area contributed by atoms with Gasteiger partial charge in [-0.25, -0.2) is 0 Å². The second-order valence-corrected chi connectivity index (χ2v) is 5.05. The number of rotatable bonds is 3. The molecule has 0 radical (unpaired) electrons. The predicted octanol–water partition coefficient (Wildman–Crippen LogP) is 1.85. The summed E-state index contributed by atoms with van der Waals surface area (Å²) in [6, 6.07) is 0. The lowest BCUT2D eigenvalue weighted by atomic mass is 9.79. The quantitative estimate of drug-likeness (QED) is 0.746. The Hall–Kier alpha value is -0.0800. The van der Waals surface area contributed by atoms with Gasteiger partial charge in [-0.2, -0.15) is 0 Å². The van der Waals surface area contributed by atoms with Crippen LogP contribution in [0.3, 0.4) is 0 Å². The Morgan fingerprint density at radius 1 is 0.929 bits per heavy atom. The van der Waals surface area contributed by atoms with Gasteiger partial charge in [-0.1, -0.05) is 12.8 Å². The van der Waals surface area contributed by atoms with Crippen LogP contribution in [0.15, 0.2) is 0 Å². The van der Waals surface area contributed by atoms with Crippen molar-refractivity contribution in [1.29, 1.82) is 0 Å². The fourth-order valence-electron chi connectivity index (χ4n) is 3.13. The van der Waals surface area contributed by atoms with Crippen LogP contribution in [0, 0.1) is 11.8 Å². The van der Waals surface area contributed by atoms with Crippen LogP contribution in [0.2, 0.25) is 0 Å². The summed E-state index contributed by atoms with van der Waals surface area (Å²) < 4.78 is 0. The maximum absolute atomic E-state index is 5.85. The van der Waals surface area contributed by atoms with Crippen molar-refractivity contribution in [3.05, 3.63) is 0 Å². The predicted molar refractivity (Wildman–Crippen MR) is 60.2 cm³/mol. The maximum atomic E-state index is 5.85. The van der Waals surface area contributed by atoms with Gasteiger partial charge < -0.3 is 10.6 Å². The van der Waals surface area contributed by atoms with Crippen LogP contribution in [0.4, 0.5) is 0 Å². The molecular weight excluding hydrogens is 172 g/mol. The molecule has 2 rings (SSSR count). The zero-order chi connectivity index (χ0) is 9.80. The van der Waals surface area contributed by atoms with Crippen LogP contribution in [0.25, 0.3) is 0 Å². The van der Waals surface area contributed by atoms with E-state index in [9.17, 15) is 0 Å². The Morgan fingerprint density at radius 3 is 2.21 bits per heavy atom. The third kappa shape index (κ3) is 2.48. The van der Waals surface area contributed by atoms with Crippen LogP contribution in [0.5, 0.6) is 0 Å². The first-order valence-electron chi connectivity index (χ1n) is 6.32. The number of hydrogen-bond donors (Lipinski definition) is 1. The second-order valence-electron chi connectivity index (χ2n) is 5.05. The van der Waals surface area contributed by atoms with Crippen molar-refractivity contribution in [1.82, 2.24) is 4.90 Å².